The van der Waals surface area contributed by atoms with Gasteiger partial charge in [0.15, 0.2) is 28.5 Å². The molecule has 31 heavy (non-hydrogen) atoms. The molecule has 0 aromatic rings. The topological polar surface area (TPSA) is 204 Å². The molecule has 0 rings (SSSR count). The van der Waals surface area contributed by atoms with Gasteiger partial charge in [0.2, 0.25) is 0 Å². The van der Waals surface area contributed by atoms with Gasteiger partial charge in [-0.3, -0.25) is 30.0 Å². The van der Waals surface area contributed by atoms with Crippen molar-refractivity contribution < 1.29 is 38.3 Å². The molecule has 0 bridgehead atoms. The van der Waals surface area contributed by atoms with Crippen LogP contribution in [0.25, 0.3) is 0 Å². The Morgan fingerprint density at radius 1 is 0.903 bits per heavy atom. The molecule has 0 atom stereocenters. The van der Waals surface area contributed by atoms with Crippen molar-refractivity contribution in [3.8, 4) is 0 Å². The van der Waals surface area contributed by atoms with E-state index < -0.39 is 11.2 Å². The Bertz CT molecular complexity index is 756. The summed E-state index contributed by atoms with van der Waals surface area (Å²) in [6.45, 7) is 10.3. The lowest BCUT2D eigenvalue weighted by Crippen LogP contribution is -2.33. The monoisotopic (exact) mass is 443 g/mol. The zero-order chi connectivity index (χ0) is 24.8. The van der Waals surface area contributed by atoms with E-state index in [1.165, 1.54) is 48.5 Å². The fourth-order valence-electron chi connectivity index (χ4n) is 0.944. The van der Waals surface area contributed by atoms with E-state index in [9.17, 15) is 19.2 Å². The molecule has 0 aromatic carbocycles. The maximum Gasteiger partial charge on any atom is 0.299 e. The summed E-state index contributed by atoms with van der Waals surface area (Å²) < 4.78 is 8.77. The number of rotatable bonds is 12. The van der Waals surface area contributed by atoms with Crippen molar-refractivity contribution >= 4 is 47.7 Å². The first-order valence-electron chi connectivity index (χ1n) is 8.71. The van der Waals surface area contributed by atoms with Crippen LogP contribution in [0.5, 0.6) is 0 Å². The molecule has 0 aliphatic carbocycles. The second-order valence-electron chi connectivity index (χ2n) is 6.91. The Hall–Kier alpha value is -3.64. The van der Waals surface area contributed by atoms with Crippen LogP contribution in [0.1, 0.15) is 48.5 Å². The first-order chi connectivity index (χ1) is 14.1. The molecule has 0 radical (unpaired) electrons. The highest BCUT2D eigenvalue weighted by atomic mass is 16.7. The summed E-state index contributed by atoms with van der Waals surface area (Å²) in [6.07, 6.45) is 0. The van der Waals surface area contributed by atoms with Crippen LogP contribution in [-0.2, 0) is 38.3 Å². The second kappa shape index (κ2) is 13.6. The molecule has 0 aliphatic heterocycles. The standard InChI is InChI=1S/C9H15N3O4.C9H14N2O4/c1-6(14)9(2,3)16-12-7(8(10)11)4-15-5-13;1-6(10)8(14-5-12)11-15-9(3,4)7(2)13/h5H,4H2,1-3H3,(H3,10,11);5,10H,1-4H3/b12-7+;10-6?,11-8-. The number of nitrogens with two attached hydrogens (primary N) is 1. The normalized spacial score (nSPS) is 11.8. The van der Waals surface area contributed by atoms with Gasteiger partial charge in [-0.1, -0.05) is 5.16 Å². The van der Waals surface area contributed by atoms with Gasteiger partial charge in [-0.2, -0.15) is 0 Å². The van der Waals surface area contributed by atoms with Gasteiger partial charge in [-0.15, -0.1) is 0 Å². The fourth-order valence-corrected chi connectivity index (χ4v) is 0.944. The number of oxime groups is 2. The number of nitrogens with zero attached hydrogens (tertiary/aromatic N) is 2. The Kier molecular flexibility index (Phi) is 12.9. The summed E-state index contributed by atoms with van der Waals surface area (Å²) in [6, 6.07) is 0. The molecule has 0 aromatic heterocycles. The average Bonchev–Trinajstić information content (AvgIpc) is 2.64. The highest BCUT2D eigenvalue weighted by molar-refractivity contribution is 6.40. The average molecular weight is 443 g/mol. The predicted octanol–water partition coefficient (Wildman–Crippen LogP) is 0.732. The number of hydrogen-bond donors (Lipinski definition) is 3. The SMILES string of the molecule is CC(=N)/C(=N/OC(C)(C)C(C)=O)OC=O.CC(=O)C(C)(C)O/N=C(\COC=O)C(=N)N. The van der Waals surface area contributed by atoms with Crippen LogP contribution in [0.2, 0.25) is 0 Å². The van der Waals surface area contributed by atoms with Crippen molar-refractivity contribution in [2.24, 2.45) is 16.0 Å². The van der Waals surface area contributed by atoms with Crippen molar-refractivity contribution in [1.82, 2.24) is 0 Å². The van der Waals surface area contributed by atoms with Crippen LogP contribution in [-0.4, -0.2) is 65.5 Å². The molecule has 0 unspecified atom stereocenters. The molecule has 0 saturated heterocycles. The van der Waals surface area contributed by atoms with E-state index in [1.807, 2.05) is 0 Å². The Labute approximate surface area is 179 Å². The number of carbonyl (C=O) groups excluding carboxylic acids is 4. The first-order valence-corrected chi connectivity index (χ1v) is 8.71. The number of ketones is 2. The molecular formula is C18H29N5O8. The van der Waals surface area contributed by atoms with Gasteiger partial charge in [-0.05, 0) is 53.6 Å². The summed E-state index contributed by atoms with van der Waals surface area (Å²) >= 11 is 0. The molecule has 0 fully saturated rings. The van der Waals surface area contributed by atoms with Gasteiger partial charge >= 0.3 is 0 Å². The van der Waals surface area contributed by atoms with E-state index in [2.05, 4.69) is 19.8 Å². The summed E-state index contributed by atoms with van der Waals surface area (Å²) in [5.41, 5.74) is 2.84. The molecule has 4 N–H and O–H groups in total. The van der Waals surface area contributed by atoms with Crippen molar-refractivity contribution in [1.29, 1.82) is 10.8 Å². The number of nitrogens with one attached hydrogen (secondary N) is 2. The number of Topliss-reactive ketones (excluding diaryl/α,β-unsaturated/α-hetero) is 2. The Morgan fingerprint density at radius 2 is 1.35 bits per heavy atom. The molecule has 0 aliphatic rings. The van der Waals surface area contributed by atoms with E-state index in [-0.39, 0.29) is 54.3 Å². The minimum atomic E-state index is -1.11. The van der Waals surface area contributed by atoms with E-state index >= 15 is 0 Å². The molecule has 174 valence electrons. The summed E-state index contributed by atoms with van der Waals surface area (Å²) in [4.78, 5) is 52.0. The molecule has 0 amide bonds. The summed E-state index contributed by atoms with van der Waals surface area (Å²) in [5.74, 6) is -1.10. The second-order valence-corrected chi connectivity index (χ2v) is 6.91. The lowest BCUT2D eigenvalue weighted by molar-refractivity contribution is -0.138. The zero-order valence-electron chi connectivity index (χ0n) is 18.6. The molecule has 0 saturated carbocycles. The third-order valence-electron chi connectivity index (χ3n) is 3.52. The number of amidine groups is 1. The van der Waals surface area contributed by atoms with Gasteiger partial charge < -0.3 is 24.9 Å². The number of hydrogen-bond acceptors (Lipinski definition) is 12. The molecule has 13 nitrogen and oxygen atoms in total. The van der Waals surface area contributed by atoms with Crippen LogP contribution in [0, 0.1) is 10.8 Å². The van der Waals surface area contributed by atoms with E-state index in [0.29, 0.717) is 0 Å². The van der Waals surface area contributed by atoms with Gasteiger partial charge in [0.05, 0.1) is 5.71 Å². The van der Waals surface area contributed by atoms with Crippen LogP contribution in [0.15, 0.2) is 10.3 Å². The van der Waals surface area contributed by atoms with E-state index in [0.717, 1.165) is 0 Å². The molecule has 0 heterocycles. The van der Waals surface area contributed by atoms with E-state index in [1.54, 1.807) is 0 Å². The maximum atomic E-state index is 11.1. The van der Waals surface area contributed by atoms with Crippen molar-refractivity contribution in [2.75, 3.05) is 6.61 Å². The van der Waals surface area contributed by atoms with Gasteiger partial charge in [0.1, 0.15) is 12.4 Å². The van der Waals surface area contributed by atoms with Gasteiger partial charge in [-0.25, -0.2) is 0 Å². The number of carbonyl (C=O) groups is 4. The van der Waals surface area contributed by atoms with Crippen molar-refractivity contribution in [3.05, 3.63) is 0 Å². The van der Waals surface area contributed by atoms with Gasteiger partial charge in [0, 0.05) is 0 Å². The highest BCUT2D eigenvalue weighted by Gasteiger charge is 2.27. The fraction of sp³-hybridized carbons (Fsp3) is 0.556. The van der Waals surface area contributed by atoms with Crippen LogP contribution in [0.4, 0.5) is 0 Å². The number of ether oxygens (including phenoxy) is 2. The minimum Gasteiger partial charge on any atom is -0.461 e. The molecule has 13 heteroatoms. The predicted molar refractivity (Wildman–Crippen MR) is 111 cm³/mol. The van der Waals surface area contributed by atoms with Gasteiger partial charge in [0.25, 0.3) is 18.8 Å². The van der Waals surface area contributed by atoms with Crippen molar-refractivity contribution in [2.45, 2.75) is 59.7 Å². The third kappa shape index (κ3) is 12.5. The van der Waals surface area contributed by atoms with Crippen LogP contribution < -0.4 is 5.73 Å². The lowest BCUT2D eigenvalue weighted by atomic mass is 10.1. The third-order valence-corrected chi connectivity index (χ3v) is 3.52. The van der Waals surface area contributed by atoms with Crippen LogP contribution in [0.3, 0.4) is 0 Å². The smallest absolute Gasteiger partial charge is 0.299 e. The Morgan fingerprint density at radius 3 is 1.68 bits per heavy atom. The zero-order valence-corrected chi connectivity index (χ0v) is 18.6. The quantitative estimate of drug-likeness (QED) is 0.168. The first kappa shape index (κ1) is 29.6. The molecular weight excluding hydrogens is 414 g/mol. The molecule has 0 spiro atoms. The van der Waals surface area contributed by atoms with E-state index in [4.69, 9.17) is 26.2 Å². The minimum absolute atomic E-state index is 0.0542. The van der Waals surface area contributed by atoms with Crippen LogP contribution >= 0.6 is 0 Å². The summed E-state index contributed by atoms with van der Waals surface area (Å²) in [5, 5.41) is 21.3. The highest BCUT2D eigenvalue weighted by Crippen LogP contribution is 2.11. The maximum absolute atomic E-state index is 11.1. The Balaban J connectivity index is 0. The lowest BCUT2D eigenvalue weighted by Gasteiger charge is -2.18. The summed E-state index contributed by atoms with van der Waals surface area (Å²) in [7, 11) is 0. The largest absolute Gasteiger partial charge is 0.461 e. The van der Waals surface area contributed by atoms with Crippen molar-refractivity contribution in [3.63, 3.8) is 0 Å².